The molecule has 0 saturated carbocycles. The van der Waals surface area contributed by atoms with Gasteiger partial charge in [0.25, 0.3) is 0 Å². The topological polar surface area (TPSA) is 74.3 Å². The summed E-state index contributed by atoms with van der Waals surface area (Å²) in [6, 6.07) is 19.8. The second kappa shape index (κ2) is 7.96. The fraction of sp³-hybridized carbons (Fsp3) is 0.105. The van der Waals surface area contributed by atoms with Crippen molar-refractivity contribution in [3.63, 3.8) is 0 Å². The molecule has 2 heterocycles. The molecule has 0 aliphatic heterocycles. The molecular weight excluding hydrogens is 358 g/mol. The average molecular weight is 375 g/mol. The van der Waals surface area contributed by atoms with E-state index in [1.807, 2.05) is 71.3 Å². The summed E-state index contributed by atoms with van der Waals surface area (Å²) in [5.41, 5.74) is 1.95. The van der Waals surface area contributed by atoms with Gasteiger partial charge in [0.1, 0.15) is 0 Å². The first-order valence-corrected chi connectivity index (χ1v) is 9.40. The van der Waals surface area contributed by atoms with Crippen LogP contribution in [0.1, 0.15) is 5.82 Å². The van der Waals surface area contributed by atoms with Gasteiger partial charge in [-0.3, -0.25) is 4.57 Å². The number of hydrogen-bond donors (Lipinski definition) is 0. The minimum absolute atomic E-state index is 0.575. The lowest BCUT2D eigenvalue weighted by molar-refractivity contribution is 0.729. The maximum atomic E-state index is 4.37. The van der Waals surface area contributed by atoms with Gasteiger partial charge in [0, 0.05) is 12.1 Å². The highest BCUT2D eigenvalue weighted by Crippen LogP contribution is 2.26. The van der Waals surface area contributed by atoms with Crippen LogP contribution in [0.15, 0.2) is 78.5 Å². The van der Waals surface area contributed by atoms with Crippen LogP contribution in [0.3, 0.4) is 0 Å². The monoisotopic (exact) mass is 375 g/mol. The summed E-state index contributed by atoms with van der Waals surface area (Å²) in [6.45, 7) is 4.48. The lowest BCUT2D eigenvalue weighted by Gasteiger charge is -2.08. The summed E-state index contributed by atoms with van der Waals surface area (Å²) in [5, 5.41) is 21.6. The van der Waals surface area contributed by atoms with Crippen LogP contribution in [-0.2, 0) is 12.3 Å². The van der Waals surface area contributed by atoms with E-state index in [0.29, 0.717) is 12.3 Å². The van der Waals surface area contributed by atoms with Crippen LogP contribution in [0.25, 0.3) is 17.1 Å². The van der Waals surface area contributed by atoms with Crippen LogP contribution < -0.4 is 0 Å². The van der Waals surface area contributed by atoms with Gasteiger partial charge in [0.05, 0.1) is 11.4 Å². The largest absolute Gasteiger partial charge is 0.298 e. The number of allylic oxidation sites excluding steroid dienone is 1. The van der Waals surface area contributed by atoms with Crippen molar-refractivity contribution in [2.45, 2.75) is 17.5 Å². The molecule has 0 saturated heterocycles. The molecule has 7 nitrogen and oxygen atoms in total. The fourth-order valence-corrected chi connectivity index (χ4v) is 3.54. The van der Waals surface area contributed by atoms with E-state index >= 15 is 0 Å². The Bertz CT molecular complexity index is 1020. The molecule has 2 aromatic carbocycles. The third-order valence-electron chi connectivity index (χ3n) is 3.93. The van der Waals surface area contributed by atoms with Gasteiger partial charge >= 0.3 is 0 Å². The molecule has 27 heavy (non-hydrogen) atoms. The molecule has 0 N–H and O–H groups in total. The number of tetrazole rings is 1. The maximum Gasteiger partial charge on any atom is 0.192 e. The Morgan fingerprint density at radius 1 is 0.926 bits per heavy atom. The fourth-order valence-electron chi connectivity index (χ4n) is 2.68. The molecule has 0 aliphatic rings. The highest BCUT2D eigenvalue weighted by Gasteiger charge is 2.15. The van der Waals surface area contributed by atoms with Crippen molar-refractivity contribution in [2.75, 3.05) is 0 Å². The molecule has 0 bridgehead atoms. The van der Waals surface area contributed by atoms with E-state index in [9.17, 15) is 0 Å². The van der Waals surface area contributed by atoms with Crippen LogP contribution in [0.5, 0.6) is 0 Å². The number of benzene rings is 2. The summed E-state index contributed by atoms with van der Waals surface area (Å²) < 4.78 is 3.78. The van der Waals surface area contributed by atoms with Crippen molar-refractivity contribution in [3.8, 4) is 17.1 Å². The van der Waals surface area contributed by atoms with Gasteiger partial charge in [0.2, 0.25) is 0 Å². The number of thioether (sulfide) groups is 1. The Balaban J connectivity index is 1.59. The van der Waals surface area contributed by atoms with Gasteiger partial charge in [-0.1, -0.05) is 66.4 Å². The standard InChI is InChI=1S/C19H17N7S/c1-2-13-25-18(15-9-5-3-6-10-15)21-22-19(25)27-14-17-20-23-24-26(17)16-11-7-4-8-12-16/h2-12H,1,13-14H2. The van der Waals surface area contributed by atoms with E-state index in [4.69, 9.17) is 0 Å². The number of rotatable bonds is 7. The molecule has 2 aromatic heterocycles. The van der Waals surface area contributed by atoms with Crippen molar-refractivity contribution >= 4 is 11.8 Å². The van der Waals surface area contributed by atoms with Gasteiger partial charge < -0.3 is 0 Å². The van der Waals surface area contributed by atoms with Gasteiger partial charge in [-0.15, -0.1) is 21.9 Å². The molecule has 0 amide bonds. The van der Waals surface area contributed by atoms with E-state index in [1.54, 1.807) is 16.4 Å². The average Bonchev–Trinajstić information content (AvgIpc) is 3.35. The number of nitrogens with zero attached hydrogens (tertiary/aromatic N) is 7. The van der Waals surface area contributed by atoms with Crippen LogP contribution in [0.2, 0.25) is 0 Å². The molecule has 0 radical (unpaired) electrons. The van der Waals surface area contributed by atoms with Gasteiger partial charge in [0.15, 0.2) is 16.8 Å². The highest BCUT2D eigenvalue weighted by molar-refractivity contribution is 7.98. The molecule has 0 spiro atoms. The first kappa shape index (κ1) is 17.2. The molecule has 134 valence electrons. The summed E-state index contributed by atoms with van der Waals surface area (Å²) in [4.78, 5) is 0. The minimum atomic E-state index is 0.575. The molecule has 0 fully saturated rings. The van der Waals surface area contributed by atoms with Crippen LogP contribution in [0, 0.1) is 0 Å². The second-order valence-corrected chi connectivity index (χ2v) is 6.65. The van der Waals surface area contributed by atoms with Gasteiger partial charge in [-0.25, -0.2) is 0 Å². The molecule has 0 atom stereocenters. The van der Waals surface area contributed by atoms with Gasteiger partial charge in [-0.05, 0) is 22.6 Å². The zero-order valence-electron chi connectivity index (χ0n) is 14.5. The zero-order valence-corrected chi connectivity index (χ0v) is 15.3. The van der Waals surface area contributed by atoms with Crippen molar-refractivity contribution in [2.24, 2.45) is 0 Å². The quantitative estimate of drug-likeness (QED) is 0.364. The molecule has 8 heteroatoms. The Labute approximate surface area is 160 Å². The highest BCUT2D eigenvalue weighted by atomic mass is 32.2. The minimum Gasteiger partial charge on any atom is -0.298 e. The van der Waals surface area contributed by atoms with Crippen molar-refractivity contribution in [3.05, 3.63) is 79.1 Å². The molecular formula is C19H17N7S. The summed E-state index contributed by atoms with van der Waals surface area (Å²) in [7, 11) is 0. The predicted octanol–water partition coefficient (Wildman–Crippen LogP) is 3.40. The normalized spacial score (nSPS) is 10.8. The van der Waals surface area contributed by atoms with Crippen LogP contribution in [0.4, 0.5) is 0 Å². The molecule has 4 rings (SSSR count). The van der Waals surface area contributed by atoms with E-state index < -0.39 is 0 Å². The Kier molecular flexibility index (Phi) is 5.06. The van der Waals surface area contributed by atoms with Crippen LogP contribution in [-0.4, -0.2) is 35.0 Å². The Morgan fingerprint density at radius 2 is 1.67 bits per heavy atom. The summed E-state index contributed by atoms with van der Waals surface area (Å²) in [5.74, 6) is 2.15. The predicted molar refractivity (Wildman–Crippen MR) is 104 cm³/mol. The third kappa shape index (κ3) is 3.65. The third-order valence-corrected chi connectivity index (χ3v) is 4.89. The van der Waals surface area contributed by atoms with E-state index in [0.717, 1.165) is 28.1 Å². The summed E-state index contributed by atoms with van der Waals surface area (Å²) >= 11 is 1.55. The van der Waals surface area contributed by atoms with E-state index in [2.05, 4.69) is 32.3 Å². The van der Waals surface area contributed by atoms with Crippen LogP contribution >= 0.6 is 11.8 Å². The Hall–Kier alpha value is -3.26. The number of aromatic nitrogens is 7. The maximum absolute atomic E-state index is 4.37. The van der Waals surface area contributed by atoms with Crippen molar-refractivity contribution < 1.29 is 0 Å². The molecule has 0 unspecified atom stereocenters. The molecule has 0 aliphatic carbocycles. The first-order valence-electron chi connectivity index (χ1n) is 8.42. The van der Waals surface area contributed by atoms with E-state index in [1.165, 1.54) is 0 Å². The molecule has 4 aromatic rings. The first-order chi connectivity index (χ1) is 13.4. The smallest absolute Gasteiger partial charge is 0.192 e. The SMILES string of the molecule is C=CCn1c(SCc2nnnn2-c2ccccc2)nnc1-c1ccccc1. The number of para-hydroxylation sites is 1. The lowest BCUT2D eigenvalue weighted by Crippen LogP contribution is -2.04. The zero-order chi connectivity index (χ0) is 18.5. The second-order valence-electron chi connectivity index (χ2n) is 5.70. The Morgan fingerprint density at radius 3 is 2.41 bits per heavy atom. The number of hydrogen-bond acceptors (Lipinski definition) is 6. The van der Waals surface area contributed by atoms with Gasteiger partial charge in [-0.2, -0.15) is 4.68 Å². The van der Waals surface area contributed by atoms with Crippen molar-refractivity contribution in [1.82, 2.24) is 35.0 Å². The van der Waals surface area contributed by atoms with Crippen molar-refractivity contribution in [1.29, 1.82) is 0 Å². The summed E-state index contributed by atoms with van der Waals surface area (Å²) in [6.07, 6.45) is 1.84. The lowest BCUT2D eigenvalue weighted by atomic mass is 10.2. The van der Waals surface area contributed by atoms with E-state index in [-0.39, 0.29) is 0 Å².